The SMILES string of the molecule is COCCOCCOCCOc1cc(C(=O)NCCOC(=O)c2ccc(N=Nc3ccc(C(=O)OCCNC(=O)c4cc(OCCOCCOCCOC)c(OCCOCCOCCOC)c(OCCOCCOCCOC)c4)cc3)cc2)cc(OCCOCCOCCOC)c1OCCOCCOCCOC. The van der Waals surface area contributed by atoms with Crippen molar-refractivity contribution < 1.29 is 142 Å². The second-order valence-electron chi connectivity index (χ2n) is 22.1. The van der Waals surface area contributed by atoms with Crippen molar-refractivity contribution in [1.82, 2.24) is 10.6 Å². The van der Waals surface area contributed by atoms with Gasteiger partial charge in [-0.2, -0.15) is 10.2 Å². The standard InChI is InChI=1S/C74H112N4O30/c1-83-19-25-89-31-37-95-43-49-101-65-55-61(56-66(102-50-44-96-38-32-90-26-20-84-2)69(65)105-53-47-99-41-35-93-29-23-87-5)71(79)75-15-17-107-73(81)59-7-11-63(12-8-59)77-78-64-13-9-60(10-14-64)74(82)108-18-16-76-72(80)62-57-67(103-51-45-97-39-33-91-27-21-85-3)70(106-54-48-100-42-36-94-30-24-88-6)68(58-62)104-52-46-98-40-34-92-28-22-86-4/h7-14,55-58H,15-54H2,1-6H3,(H,75,79)(H,76,80). The topological polar surface area (TPSA) is 357 Å². The summed E-state index contributed by atoms with van der Waals surface area (Å²) in [5.74, 6) is -1.05. The van der Waals surface area contributed by atoms with Gasteiger partial charge >= 0.3 is 11.9 Å². The first kappa shape index (κ1) is 92.8. The first-order valence-corrected chi connectivity index (χ1v) is 35.7. The van der Waals surface area contributed by atoms with E-state index >= 15 is 0 Å². The molecular weight excluding hydrogens is 1420 g/mol. The summed E-state index contributed by atoms with van der Waals surface area (Å²) in [6.45, 7) is 10.9. The van der Waals surface area contributed by atoms with E-state index in [0.29, 0.717) is 170 Å². The Morgan fingerprint density at radius 3 is 0.676 bits per heavy atom. The molecule has 0 heterocycles. The molecule has 0 unspecified atom stereocenters. The van der Waals surface area contributed by atoms with Crippen LogP contribution in [0.1, 0.15) is 41.4 Å². The predicted molar refractivity (Wildman–Crippen MR) is 389 cm³/mol. The van der Waals surface area contributed by atoms with Crippen LogP contribution in [0, 0.1) is 0 Å². The van der Waals surface area contributed by atoms with E-state index in [1.807, 2.05) is 0 Å². The van der Waals surface area contributed by atoms with Gasteiger partial charge in [0, 0.05) is 53.8 Å². The molecule has 0 aliphatic carbocycles. The highest BCUT2D eigenvalue weighted by Gasteiger charge is 2.22. The van der Waals surface area contributed by atoms with Gasteiger partial charge in [-0.1, -0.05) is 0 Å². The molecule has 608 valence electrons. The monoisotopic (exact) mass is 1540 g/mol. The molecule has 0 atom stereocenters. The fourth-order valence-corrected chi connectivity index (χ4v) is 8.59. The number of esters is 2. The molecule has 0 aliphatic heterocycles. The van der Waals surface area contributed by atoms with Crippen LogP contribution in [0.4, 0.5) is 11.4 Å². The summed E-state index contributed by atoms with van der Waals surface area (Å²) in [5, 5.41) is 14.1. The van der Waals surface area contributed by atoms with Crippen molar-refractivity contribution in [2.45, 2.75) is 0 Å². The average molecular weight is 1540 g/mol. The third-order valence-corrected chi connectivity index (χ3v) is 14.0. The van der Waals surface area contributed by atoms with Gasteiger partial charge in [0.2, 0.25) is 11.5 Å². The van der Waals surface area contributed by atoms with Crippen LogP contribution >= 0.6 is 0 Å². The van der Waals surface area contributed by atoms with Gasteiger partial charge in [-0.3, -0.25) is 9.59 Å². The smallest absolute Gasteiger partial charge is 0.338 e. The molecule has 0 fully saturated rings. The fraction of sp³-hybridized carbons (Fsp3) is 0.622. The highest BCUT2D eigenvalue weighted by atomic mass is 16.6. The number of hydrogen-bond donors (Lipinski definition) is 2. The molecule has 2 amide bonds. The predicted octanol–water partition coefficient (Wildman–Crippen LogP) is 5.63. The maximum atomic E-state index is 13.8. The Kier molecular flexibility index (Phi) is 55.2. The zero-order valence-electron chi connectivity index (χ0n) is 63.4. The Labute approximate surface area is 632 Å². The van der Waals surface area contributed by atoms with Crippen LogP contribution in [0.25, 0.3) is 0 Å². The van der Waals surface area contributed by atoms with Gasteiger partial charge in [-0.25, -0.2) is 9.59 Å². The minimum atomic E-state index is -0.643. The van der Waals surface area contributed by atoms with Crippen molar-refractivity contribution in [2.75, 3.05) is 307 Å². The first-order chi connectivity index (χ1) is 53.1. The largest absolute Gasteiger partial charge is 0.487 e. The molecule has 2 N–H and O–H groups in total. The van der Waals surface area contributed by atoms with Crippen molar-refractivity contribution in [3.8, 4) is 34.5 Å². The molecule has 0 aliphatic rings. The van der Waals surface area contributed by atoms with E-state index in [-0.39, 0.29) is 162 Å². The lowest BCUT2D eigenvalue weighted by atomic mass is 10.1. The third kappa shape index (κ3) is 44.2. The summed E-state index contributed by atoms with van der Waals surface area (Å²) in [4.78, 5) is 53.8. The van der Waals surface area contributed by atoms with E-state index in [4.69, 9.17) is 123 Å². The molecule has 4 aromatic carbocycles. The molecule has 4 rings (SSSR count). The average Bonchev–Trinajstić information content (AvgIpc) is 0.822. The number of nitrogens with zero attached hydrogens (tertiary/aromatic N) is 2. The van der Waals surface area contributed by atoms with Gasteiger partial charge in [0.05, 0.1) is 234 Å². The second kappa shape index (κ2) is 64.3. The minimum Gasteiger partial charge on any atom is -0.487 e. The Hall–Kier alpha value is -7.56. The Balaban J connectivity index is 1.33. The molecule has 0 saturated carbocycles. The van der Waals surface area contributed by atoms with Crippen molar-refractivity contribution in [3.05, 3.63) is 95.1 Å². The minimum absolute atomic E-state index is 0.0453. The molecule has 108 heavy (non-hydrogen) atoms. The van der Waals surface area contributed by atoms with Crippen LogP contribution in [0.3, 0.4) is 0 Å². The van der Waals surface area contributed by atoms with E-state index in [9.17, 15) is 19.2 Å². The normalized spacial score (nSPS) is 11.3. The van der Waals surface area contributed by atoms with E-state index in [2.05, 4.69) is 20.9 Å². The number of ether oxygens (including phenoxy) is 26. The summed E-state index contributed by atoms with van der Waals surface area (Å²) >= 11 is 0. The maximum absolute atomic E-state index is 13.8. The zero-order valence-corrected chi connectivity index (χ0v) is 63.4. The summed E-state index contributed by atoms with van der Waals surface area (Å²) < 4.78 is 145. The van der Waals surface area contributed by atoms with Crippen LogP contribution in [0.2, 0.25) is 0 Å². The van der Waals surface area contributed by atoms with Crippen LogP contribution in [-0.2, 0) is 94.7 Å². The number of amides is 2. The van der Waals surface area contributed by atoms with Gasteiger partial charge in [0.15, 0.2) is 23.0 Å². The number of rotatable bonds is 72. The molecular formula is C74H112N4O30. The summed E-state index contributed by atoms with van der Waals surface area (Å²) in [5.41, 5.74) is 1.62. The van der Waals surface area contributed by atoms with Crippen LogP contribution in [0.15, 0.2) is 83.0 Å². The quantitative estimate of drug-likeness (QED) is 0.0307. The highest BCUT2D eigenvalue weighted by molar-refractivity contribution is 5.96. The van der Waals surface area contributed by atoms with Crippen LogP contribution in [-0.4, -0.2) is 331 Å². The van der Waals surface area contributed by atoms with Gasteiger partial charge in [-0.05, 0) is 72.8 Å². The van der Waals surface area contributed by atoms with E-state index in [1.165, 1.54) is 48.5 Å². The molecule has 34 nitrogen and oxygen atoms in total. The molecule has 0 saturated heterocycles. The third-order valence-electron chi connectivity index (χ3n) is 14.0. The van der Waals surface area contributed by atoms with Crippen molar-refractivity contribution >= 4 is 35.1 Å². The van der Waals surface area contributed by atoms with E-state index in [1.54, 1.807) is 66.9 Å². The van der Waals surface area contributed by atoms with E-state index in [0.717, 1.165) is 0 Å². The number of azo groups is 1. The summed E-state index contributed by atoms with van der Waals surface area (Å²) in [6.07, 6.45) is 0. The zero-order chi connectivity index (χ0) is 77.2. The van der Waals surface area contributed by atoms with Crippen molar-refractivity contribution in [1.29, 1.82) is 0 Å². The molecule has 0 spiro atoms. The molecule has 0 radical (unpaired) electrons. The molecule has 4 aromatic rings. The molecule has 34 heteroatoms. The van der Waals surface area contributed by atoms with Gasteiger partial charge in [0.25, 0.3) is 11.8 Å². The fourth-order valence-electron chi connectivity index (χ4n) is 8.59. The number of hydrogen-bond acceptors (Lipinski definition) is 32. The van der Waals surface area contributed by atoms with E-state index < -0.39 is 23.8 Å². The number of carbonyl (C=O) groups is 4. The number of benzene rings is 4. The maximum Gasteiger partial charge on any atom is 0.338 e. The van der Waals surface area contributed by atoms with Gasteiger partial charge in [-0.15, -0.1) is 0 Å². The lowest BCUT2D eigenvalue weighted by Crippen LogP contribution is -2.28. The number of carbonyl (C=O) groups excluding carboxylic acids is 4. The van der Waals surface area contributed by atoms with Crippen molar-refractivity contribution in [2.24, 2.45) is 10.2 Å². The first-order valence-electron chi connectivity index (χ1n) is 35.7. The second-order valence-corrected chi connectivity index (χ2v) is 22.1. The highest BCUT2D eigenvalue weighted by Crippen LogP contribution is 2.41. The Morgan fingerprint density at radius 1 is 0.250 bits per heavy atom. The Morgan fingerprint density at radius 2 is 0.454 bits per heavy atom. The number of methoxy groups -OCH3 is 6. The lowest BCUT2D eigenvalue weighted by molar-refractivity contribution is 0.0146. The molecule has 0 bridgehead atoms. The Bertz CT molecular complexity index is 2690. The van der Waals surface area contributed by atoms with Gasteiger partial charge < -0.3 is 134 Å². The summed E-state index contributed by atoms with van der Waals surface area (Å²) in [6, 6.07) is 18.5. The summed E-state index contributed by atoms with van der Waals surface area (Å²) in [7, 11) is 9.57. The van der Waals surface area contributed by atoms with Crippen molar-refractivity contribution in [3.63, 3.8) is 0 Å². The van der Waals surface area contributed by atoms with Crippen LogP contribution in [0.5, 0.6) is 34.5 Å². The van der Waals surface area contributed by atoms with Gasteiger partial charge in [0.1, 0.15) is 52.9 Å². The number of nitrogens with one attached hydrogen (secondary N) is 2. The van der Waals surface area contributed by atoms with Crippen LogP contribution < -0.4 is 39.1 Å². The molecule has 0 aromatic heterocycles. The lowest BCUT2D eigenvalue weighted by Gasteiger charge is -2.19.